The summed E-state index contributed by atoms with van der Waals surface area (Å²) in [5.74, 6) is 0.871. The summed E-state index contributed by atoms with van der Waals surface area (Å²) in [5.41, 5.74) is 1.16. The van der Waals surface area contributed by atoms with E-state index in [0.717, 1.165) is 57.6 Å². The maximum atomic E-state index is 12.3. The highest BCUT2D eigenvalue weighted by Crippen LogP contribution is 2.39. The van der Waals surface area contributed by atoms with Crippen molar-refractivity contribution in [2.24, 2.45) is 5.92 Å². The summed E-state index contributed by atoms with van der Waals surface area (Å²) < 4.78 is 11.3. The first-order chi connectivity index (χ1) is 10.7. The Hall–Kier alpha value is -0.910. The third-order valence-electron chi connectivity index (χ3n) is 4.98. The molecular weight excluding hydrogens is 298 g/mol. The van der Waals surface area contributed by atoms with Gasteiger partial charge in [-0.3, -0.25) is 4.79 Å². The number of hydrogen-bond donors (Lipinski definition) is 0. The summed E-state index contributed by atoms with van der Waals surface area (Å²) in [7, 11) is 1.75. The van der Waals surface area contributed by atoms with E-state index in [9.17, 15) is 4.79 Å². The van der Waals surface area contributed by atoms with Crippen LogP contribution in [-0.2, 0) is 20.7 Å². The molecule has 2 aliphatic rings. The summed E-state index contributed by atoms with van der Waals surface area (Å²) in [6.45, 7) is 3.33. The molecule has 3 rings (SSSR count). The first-order valence-corrected chi connectivity index (χ1v) is 9.07. The number of piperidine rings is 1. The highest BCUT2D eigenvalue weighted by atomic mass is 32.1. The van der Waals surface area contributed by atoms with Gasteiger partial charge >= 0.3 is 0 Å². The Bertz CT molecular complexity index is 480. The molecule has 1 aromatic heterocycles. The van der Waals surface area contributed by atoms with Crippen molar-refractivity contribution in [1.29, 1.82) is 0 Å². The van der Waals surface area contributed by atoms with Gasteiger partial charge in [-0.25, -0.2) is 0 Å². The minimum absolute atomic E-state index is 0.0254. The fourth-order valence-electron chi connectivity index (χ4n) is 3.60. The van der Waals surface area contributed by atoms with Crippen LogP contribution in [-0.4, -0.2) is 49.8 Å². The Labute approximate surface area is 136 Å². The van der Waals surface area contributed by atoms with Crippen molar-refractivity contribution in [1.82, 2.24) is 4.90 Å². The van der Waals surface area contributed by atoms with Crippen LogP contribution >= 0.6 is 11.3 Å². The third-order valence-corrected chi connectivity index (χ3v) is 5.71. The summed E-state index contributed by atoms with van der Waals surface area (Å²) in [6.07, 6.45) is 4.70. The molecule has 1 atom stereocenters. The smallest absolute Gasteiger partial charge is 0.227 e. The predicted molar refractivity (Wildman–Crippen MR) is 87.1 cm³/mol. The van der Waals surface area contributed by atoms with E-state index >= 15 is 0 Å². The molecule has 122 valence electrons. The van der Waals surface area contributed by atoms with E-state index < -0.39 is 0 Å². The zero-order chi connectivity index (χ0) is 15.4. The van der Waals surface area contributed by atoms with Crippen molar-refractivity contribution in [3.05, 3.63) is 22.4 Å². The van der Waals surface area contributed by atoms with Gasteiger partial charge in [-0.05, 0) is 54.0 Å². The van der Waals surface area contributed by atoms with Crippen LogP contribution < -0.4 is 0 Å². The number of amides is 1. The first kappa shape index (κ1) is 16.0. The number of rotatable bonds is 5. The van der Waals surface area contributed by atoms with Crippen molar-refractivity contribution in [3.63, 3.8) is 0 Å². The molecule has 0 aliphatic carbocycles. The monoisotopic (exact) mass is 323 g/mol. The molecule has 22 heavy (non-hydrogen) atoms. The minimum Gasteiger partial charge on any atom is -0.385 e. The van der Waals surface area contributed by atoms with Gasteiger partial charge in [-0.1, -0.05) is 0 Å². The van der Waals surface area contributed by atoms with Crippen molar-refractivity contribution >= 4 is 17.2 Å². The number of hydrogen-bond acceptors (Lipinski definition) is 4. The van der Waals surface area contributed by atoms with E-state index in [1.807, 2.05) is 16.3 Å². The van der Waals surface area contributed by atoms with Gasteiger partial charge < -0.3 is 14.4 Å². The molecule has 5 heteroatoms. The Morgan fingerprint density at radius 2 is 2.32 bits per heavy atom. The molecule has 0 unspecified atom stereocenters. The average Bonchev–Trinajstić information content (AvgIpc) is 3.16. The van der Waals surface area contributed by atoms with E-state index in [1.165, 1.54) is 0 Å². The van der Waals surface area contributed by atoms with Crippen LogP contribution in [0.2, 0.25) is 0 Å². The minimum atomic E-state index is 0.0254. The molecule has 3 heterocycles. The van der Waals surface area contributed by atoms with Gasteiger partial charge in [0.05, 0.1) is 18.6 Å². The van der Waals surface area contributed by atoms with Crippen LogP contribution in [0, 0.1) is 5.92 Å². The van der Waals surface area contributed by atoms with Gasteiger partial charge in [0.1, 0.15) is 0 Å². The fourth-order valence-corrected chi connectivity index (χ4v) is 4.27. The number of carbonyl (C=O) groups excluding carboxylic acids is 1. The molecule has 1 amide bonds. The molecule has 2 aliphatic heterocycles. The van der Waals surface area contributed by atoms with Gasteiger partial charge in [0.15, 0.2) is 0 Å². The van der Waals surface area contributed by atoms with Crippen LogP contribution in [0.4, 0.5) is 0 Å². The molecule has 1 aromatic rings. The van der Waals surface area contributed by atoms with Crippen molar-refractivity contribution in [2.45, 2.75) is 37.7 Å². The molecule has 0 bridgehead atoms. The molecule has 2 fully saturated rings. The zero-order valence-corrected chi connectivity index (χ0v) is 14.1. The molecule has 0 saturated carbocycles. The van der Waals surface area contributed by atoms with E-state index in [1.54, 1.807) is 18.4 Å². The number of ether oxygens (including phenoxy) is 2. The second-order valence-electron chi connectivity index (χ2n) is 6.53. The van der Waals surface area contributed by atoms with Crippen molar-refractivity contribution in [3.8, 4) is 0 Å². The number of nitrogens with zero attached hydrogens (tertiary/aromatic N) is 1. The topological polar surface area (TPSA) is 38.8 Å². The van der Waals surface area contributed by atoms with Gasteiger partial charge in [-0.2, -0.15) is 11.3 Å². The van der Waals surface area contributed by atoms with Crippen LogP contribution in [0.1, 0.15) is 31.2 Å². The van der Waals surface area contributed by atoms with Crippen molar-refractivity contribution in [2.75, 3.05) is 33.4 Å². The van der Waals surface area contributed by atoms with E-state index in [2.05, 4.69) is 5.38 Å². The SMILES string of the molecule is COCC[C@H]1COC2(CCN(C(=O)Cc3ccsc3)CC2)C1. The maximum absolute atomic E-state index is 12.3. The third kappa shape index (κ3) is 3.70. The second kappa shape index (κ2) is 7.11. The quantitative estimate of drug-likeness (QED) is 0.836. The summed E-state index contributed by atoms with van der Waals surface area (Å²) in [6, 6.07) is 2.04. The first-order valence-electron chi connectivity index (χ1n) is 8.12. The summed E-state index contributed by atoms with van der Waals surface area (Å²) in [5, 5.41) is 4.09. The van der Waals surface area contributed by atoms with Gasteiger partial charge in [-0.15, -0.1) is 0 Å². The highest BCUT2D eigenvalue weighted by Gasteiger charge is 2.43. The Morgan fingerprint density at radius 3 is 3.00 bits per heavy atom. The largest absolute Gasteiger partial charge is 0.385 e. The lowest BCUT2D eigenvalue weighted by molar-refractivity contribution is -0.135. The number of thiophene rings is 1. The molecule has 2 saturated heterocycles. The van der Waals surface area contributed by atoms with Gasteiger partial charge in [0.25, 0.3) is 0 Å². The number of carbonyl (C=O) groups is 1. The molecule has 0 N–H and O–H groups in total. The molecule has 0 aromatic carbocycles. The van der Waals surface area contributed by atoms with Gasteiger partial charge in [0.2, 0.25) is 5.91 Å². The van der Waals surface area contributed by atoms with Crippen LogP contribution in [0.25, 0.3) is 0 Å². The Kier molecular flexibility index (Phi) is 5.16. The molecular formula is C17H25NO3S. The molecule has 0 radical (unpaired) electrons. The Balaban J connectivity index is 1.47. The fraction of sp³-hybridized carbons (Fsp3) is 0.706. The van der Waals surface area contributed by atoms with E-state index in [-0.39, 0.29) is 11.5 Å². The predicted octanol–water partition coefficient (Wildman–Crippen LogP) is 2.72. The molecule has 1 spiro atoms. The van der Waals surface area contributed by atoms with Crippen LogP contribution in [0.15, 0.2) is 16.8 Å². The standard InChI is InChI=1S/C17H25NO3S/c1-20-8-2-15-11-17(21-12-15)4-6-18(7-5-17)16(19)10-14-3-9-22-13-14/h3,9,13,15H,2,4-8,10-12H2,1H3/t15-/m1/s1. The second-order valence-corrected chi connectivity index (χ2v) is 7.31. The molecule has 4 nitrogen and oxygen atoms in total. The summed E-state index contributed by atoms with van der Waals surface area (Å²) >= 11 is 1.65. The lowest BCUT2D eigenvalue weighted by Crippen LogP contribution is -2.46. The zero-order valence-electron chi connectivity index (χ0n) is 13.3. The lowest BCUT2D eigenvalue weighted by Gasteiger charge is -2.38. The van der Waals surface area contributed by atoms with E-state index in [0.29, 0.717) is 12.3 Å². The highest BCUT2D eigenvalue weighted by molar-refractivity contribution is 7.07. The van der Waals surface area contributed by atoms with Crippen LogP contribution in [0.3, 0.4) is 0 Å². The Morgan fingerprint density at radius 1 is 1.50 bits per heavy atom. The average molecular weight is 323 g/mol. The van der Waals surface area contributed by atoms with E-state index in [4.69, 9.17) is 9.47 Å². The summed E-state index contributed by atoms with van der Waals surface area (Å²) in [4.78, 5) is 14.4. The lowest BCUT2D eigenvalue weighted by atomic mass is 9.84. The van der Waals surface area contributed by atoms with Crippen LogP contribution in [0.5, 0.6) is 0 Å². The maximum Gasteiger partial charge on any atom is 0.227 e. The van der Waals surface area contributed by atoms with Gasteiger partial charge in [0, 0.05) is 26.8 Å². The number of likely N-dealkylation sites (tertiary alicyclic amines) is 1. The number of methoxy groups -OCH3 is 1. The van der Waals surface area contributed by atoms with Crippen molar-refractivity contribution < 1.29 is 14.3 Å². The normalized spacial score (nSPS) is 24.0.